The van der Waals surface area contributed by atoms with Crippen molar-refractivity contribution in [3.63, 3.8) is 0 Å². The first-order valence-corrected chi connectivity index (χ1v) is 5.98. The predicted molar refractivity (Wildman–Crippen MR) is 51.3 cm³/mol. The van der Waals surface area contributed by atoms with Crippen LogP contribution in [0.15, 0.2) is 0 Å². The molecule has 0 amide bonds. The van der Waals surface area contributed by atoms with Crippen molar-refractivity contribution in [1.82, 2.24) is 9.62 Å². The molecule has 5 nitrogen and oxygen atoms in total. The molecule has 1 fully saturated rings. The summed E-state index contributed by atoms with van der Waals surface area (Å²) in [5, 5.41) is 4.83. The van der Waals surface area contributed by atoms with Crippen molar-refractivity contribution >= 4 is 10.2 Å². The highest BCUT2D eigenvalue weighted by molar-refractivity contribution is 7.87. The molecule has 0 bridgehead atoms. The molecule has 1 rings (SSSR count). The van der Waals surface area contributed by atoms with Crippen LogP contribution in [-0.4, -0.2) is 40.0 Å². The Morgan fingerprint density at radius 2 is 2.31 bits per heavy atom. The monoisotopic (exact) mass is 207 g/mol. The Bertz CT molecular complexity index is 252. The molecule has 3 N–H and O–H groups in total. The zero-order valence-corrected chi connectivity index (χ0v) is 8.68. The second-order valence-corrected chi connectivity index (χ2v) is 5.04. The normalized spacial score (nSPS) is 26.2. The maximum Gasteiger partial charge on any atom is 0.274 e. The molecule has 13 heavy (non-hydrogen) atoms. The Balaban J connectivity index is 2.29. The van der Waals surface area contributed by atoms with E-state index in [9.17, 15) is 8.42 Å². The lowest BCUT2D eigenvalue weighted by Crippen LogP contribution is -2.41. The van der Waals surface area contributed by atoms with Crippen LogP contribution in [0.2, 0.25) is 0 Å². The van der Waals surface area contributed by atoms with Gasteiger partial charge in [0.2, 0.25) is 0 Å². The first-order chi connectivity index (χ1) is 5.97. The van der Waals surface area contributed by atoms with Gasteiger partial charge in [-0.2, -0.15) is 8.42 Å². The van der Waals surface area contributed by atoms with Crippen molar-refractivity contribution in [2.75, 3.05) is 26.7 Å². The number of piperidine rings is 1. The van der Waals surface area contributed by atoms with E-state index in [0.717, 1.165) is 25.9 Å². The lowest BCUT2D eigenvalue weighted by atomic mass is 9.99. The number of likely N-dealkylation sites (tertiary alicyclic amines) is 1. The standard InChI is InChI=1S/C7H17N3O2S/c1-10-4-2-3-7(6-10)5-9-13(8,11)12/h7,9H,2-6H2,1H3,(H2,8,11,12). The first-order valence-electron chi connectivity index (χ1n) is 4.43. The molecule has 1 heterocycles. The van der Waals surface area contributed by atoms with E-state index in [4.69, 9.17) is 5.14 Å². The number of nitrogens with one attached hydrogen (secondary N) is 1. The molecular weight excluding hydrogens is 190 g/mol. The Morgan fingerprint density at radius 3 is 2.85 bits per heavy atom. The highest BCUT2D eigenvalue weighted by Crippen LogP contribution is 2.13. The van der Waals surface area contributed by atoms with Gasteiger partial charge in [-0.1, -0.05) is 0 Å². The van der Waals surface area contributed by atoms with Gasteiger partial charge in [0.15, 0.2) is 0 Å². The average molecular weight is 207 g/mol. The Hall–Kier alpha value is -0.170. The molecule has 1 atom stereocenters. The Kier molecular flexibility index (Phi) is 3.66. The van der Waals surface area contributed by atoms with E-state index in [-0.39, 0.29) is 0 Å². The van der Waals surface area contributed by atoms with E-state index in [2.05, 4.69) is 9.62 Å². The fourth-order valence-corrected chi connectivity index (χ4v) is 2.14. The quantitative estimate of drug-likeness (QED) is 0.631. The summed E-state index contributed by atoms with van der Waals surface area (Å²) in [4.78, 5) is 2.21. The van der Waals surface area contributed by atoms with Crippen molar-refractivity contribution < 1.29 is 8.42 Å². The highest BCUT2D eigenvalue weighted by atomic mass is 32.2. The van der Waals surface area contributed by atoms with Crippen LogP contribution in [0.1, 0.15) is 12.8 Å². The maximum atomic E-state index is 10.6. The van der Waals surface area contributed by atoms with Gasteiger partial charge in [-0.15, -0.1) is 0 Å². The fourth-order valence-electron chi connectivity index (χ4n) is 1.67. The van der Waals surface area contributed by atoms with E-state index in [1.807, 2.05) is 7.05 Å². The topological polar surface area (TPSA) is 75.4 Å². The van der Waals surface area contributed by atoms with Crippen molar-refractivity contribution in [1.29, 1.82) is 0 Å². The molecular formula is C7H17N3O2S. The molecule has 0 aromatic carbocycles. The van der Waals surface area contributed by atoms with Crippen LogP contribution in [0.5, 0.6) is 0 Å². The number of nitrogens with zero attached hydrogens (tertiary/aromatic N) is 1. The third-order valence-corrected chi connectivity index (χ3v) is 2.86. The van der Waals surface area contributed by atoms with Gasteiger partial charge in [0.25, 0.3) is 10.2 Å². The number of rotatable bonds is 3. The SMILES string of the molecule is CN1CCCC(CNS(N)(=O)=O)C1. The second-order valence-electron chi connectivity index (χ2n) is 3.66. The maximum absolute atomic E-state index is 10.6. The van der Waals surface area contributed by atoms with Gasteiger partial charge >= 0.3 is 0 Å². The summed E-state index contributed by atoms with van der Waals surface area (Å²) in [5.74, 6) is 0.400. The van der Waals surface area contributed by atoms with E-state index < -0.39 is 10.2 Å². The van der Waals surface area contributed by atoms with Crippen LogP contribution >= 0.6 is 0 Å². The molecule has 1 aliphatic rings. The molecule has 0 spiro atoms. The van der Waals surface area contributed by atoms with Gasteiger partial charge in [0.05, 0.1) is 0 Å². The number of nitrogens with two attached hydrogens (primary N) is 1. The van der Waals surface area contributed by atoms with Gasteiger partial charge in [-0.3, -0.25) is 0 Å². The second kappa shape index (κ2) is 4.36. The van der Waals surface area contributed by atoms with Crippen LogP contribution in [-0.2, 0) is 10.2 Å². The summed E-state index contributed by atoms with van der Waals surface area (Å²) < 4.78 is 23.6. The van der Waals surface area contributed by atoms with E-state index >= 15 is 0 Å². The largest absolute Gasteiger partial charge is 0.306 e. The zero-order valence-electron chi connectivity index (χ0n) is 7.86. The minimum absolute atomic E-state index is 0.400. The van der Waals surface area contributed by atoms with Gasteiger partial charge in [-0.05, 0) is 32.4 Å². The van der Waals surface area contributed by atoms with Crippen molar-refractivity contribution in [3.05, 3.63) is 0 Å². The van der Waals surface area contributed by atoms with Crippen LogP contribution in [0.4, 0.5) is 0 Å². The van der Waals surface area contributed by atoms with Gasteiger partial charge < -0.3 is 4.90 Å². The summed E-state index contributed by atoms with van der Waals surface area (Å²) in [6.07, 6.45) is 2.21. The van der Waals surface area contributed by atoms with Crippen LogP contribution in [0.25, 0.3) is 0 Å². The summed E-state index contributed by atoms with van der Waals surface area (Å²) in [6.45, 7) is 2.51. The summed E-state index contributed by atoms with van der Waals surface area (Å²) in [5.41, 5.74) is 0. The smallest absolute Gasteiger partial charge is 0.274 e. The van der Waals surface area contributed by atoms with E-state index in [1.165, 1.54) is 0 Å². The molecule has 78 valence electrons. The molecule has 0 radical (unpaired) electrons. The van der Waals surface area contributed by atoms with Crippen LogP contribution in [0.3, 0.4) is 0 Å². The van der Waals surface area contributed by atoms with Crippen LogP contribution in [0, 0.1) is 5.92 Å². The minimum Gasteiger partial charge on any atom is -0.306 e. The molecule has 6 heteroatoms. The average Bonchev–Trinajstić information content (AvgIpc) is 2.00. The lowest BCUT2D eigenvalue weighted by Gasteiger charge is -2.29. The third kappa shape index (κ3) is 4.56. The molecule has 1 saturated heterocycles. The fraction of sp³-hybridized carbons (Fsp3) is 1.00. The van der Waals surface area contributed by atoms with E-state index in [0.29, 0.717) is 12.5 Å². The summed E-state index contributed by atoms with van der Waals surface area (Å²) in [7, 11) is -1.46. The van der Waals surface area contributed by atoms with Crippen molar-refractivity contribution in [3.8, 4) is 0 Å². The zero-order chi connectivity index (χ0) is 9.90. The van der Waals surface area contributed by atoms with Crippen molar-refractivity contribution in [2.24, 2.45) is 11.1 Å². The van der Waals surface area contributed by atoms with Gasteiger partial charge in [-0.25, -0.2) is 9.86 Å². The number of hydrogen-bond donors (Lipinski definition) is 2. The molecule has 1 aliphatic heterocycles. The predicted octanol–water partition coefficient (Wildman–Crippen LogP) is -0.879. The highest BCUT2D eigenvalue weighted by Gasteiger charge is 2.17. The first kappa shape index (κ1) is 10.9. The van der Waals surface area contributed by atoms with Gasteiger partial charge in [0.1, 0.15) is 0 Å². The molecule has 0 aliphatic carbocycles. The molecule has 0 aromatic rings. The summed E-state index contributed by atoms with van der Waals surface area (Å²) >= 11 is 0. The lowest BCUT2D eigenvalue weighted by molar-refractivity contribution is 0.211. The Morgan fingerprint density at radius 1 is 1.62 bits per heavy atom. The Labute approximate surface area is 79.5 Å². The molecule has 1 unspecified atom stereocenters. The third-order valence-electron chi connectivity index (χ3n) is 2.30. The number of hydrogen-bond acceptors (Lipinski definition) is 3. The molecule has 0 aromatic heterocycles. The van der Waals surface area contributed by atoms with E-state index in [1.54, 1.807) is 0 Å². The minimum atomic E-state index is -3.51. The molecule has 0 saturated carbocycles. The van der Waals surface area contributed by atoms with Gasteiger partial charge in [0, 0.05) is 13.1 Å². The van der Waals surface area contributed by atoms with Crippen LogP contribution < -0.4 is 9.86 Å². The summed E-state index contributed by atoms with van der Waals surface area (Å²) in [6, 6.07) is 0. The van der Waals surface area contributed by atoms with Crippen molar-refractivity contribution in [2.45, 2.75) is 12.8 Å².